The first kappa shape index (κ1) is 28.0. The number of nitrogen functional groups attached to an aromatic ring is 1. The third-order valence-electron chi connectivity index (χ3n) is 6.53. The zero-order valence-electron chi connectivity index (χ0n) is 22.2. The molecule has 0 aliphatic rings. The summed E-state index contributed by atoms with van der Waals surface area (Å²) in [6.07, 6.45) is 20.6. The van der Waals surface area contributed by atoms with E-state index in [1.165, 1.54) is 101 Å². The molecule has 1 aromatic carbocycles. The molecule has 0 bridgehead atoms. The van der Waals surface area contributed by atoms with Crippen molar-refractivity contribution in [1.29, 1.82) is 0 Å². The van der Waals surface area contributed by atoms with Gasteiger partial charge in [0.2, 0.25) is 0 Å². The van der Waals surface area contributed by atoms with E-state index in [1.807, 2.05) is 18.2 Å². The van der Waals surface area contributed by atoms with Crippen LogP contribution in [0.15, 0.2) is 24.5 Å². The van der Waals surface area contributed by atoms with Crippen LogP contribution >= 0.6 is 11.3 Å². The Labute approximate surface area is 220 Å². The van der Waals surface area contributed by atoms with E-state index in [9.17, 15) is 0 Å². The second kappa shape index (κ2) is 16.2. The smallest absolute Gasteiger partial charge is 0.189 e. The minimum Gasteiger partial charge on any atom is -0.497 e. The Morgan fingerprint density at radius 3 is 2.08 bits per heavy atom. The van der Waals surface area contributed by atoms with Crippen LogP contribution in [0.3, 0.4) is 0 Å². The van der Waals surface area contributed by atoms with Crippen LogP contribution in [-0.4, -0.2) is 28.6 Å². The number of methoxy groups -OCH3 is 1. The molecule has 0 aliphatic heterocycles. The number of ether oxygens (including phenoxy) is 1. The zero-order valence-corrected chi connectivity index (χ0v) is 23.0. The van der Waals surface area contributed by atoms with Gasteiger partial charge in [0.05, 0.1) is 17.3 Å². The second-order valence-corrected chi connectivity index (χ2v) is 10.5. The van der Waals surface area contributed by atoms with Crippen LogP contribution in [-0.2, 0) is 0 Å². The van der Waals surface area contributed by atoms with E-state index >= 15 is 0 Å². The van der Waals surface area contributed by atoms with Crippen LogP contribution in [0.2, 0.25) is 0 Å². The number of benzene rings is 1. The minimum absolute atomic E-state index is 0.514. The number of rotatable bonds is 19. The van der Waals surface area contributed by atoms with Crippen molar-refractivity contribution >= 4 is 44.0 Å². The van der Waals surface area contributed by atoms with Crippen LogP contribution in [0.5, 0.6) is 5.75 Å². The lowest BCUT2D eigenvalue weighted by Gasteiger charge is -2.11. The lowest BCUT2D eigenvalue weighted by molar-refractivity contribution is 0.415. The first-order valence-electron chi connectivity index (χ1n) is 13.8. The molecule has 3 aromatic rings. The Bertz CT molecular complexity index is 1020. The number of nitrogens with zero attached hydrogens (tertiary/aromatic N) is 3. The summed E-state index contributed by atoms with van der Waals surface area (Å²) in [4.78, 5) is 13.3. The van der Waals surface area contributed by atoms with E-state index in [0.29, 0.717) is 17.3 Å². The number of aromatic nitrogens is 3. The van der Waals surface area contributed by atoms with Gasteiger partial charge in [0.1, 0.15) is 17.8 Å². The summed E-state index contributed by atoms with van der Waals surface area (Å²) in [5, 5.41) is 7.36. The fourth-order valence-corrected chi connectivity index (χ4v) is 5.24. The molecule has 0 aliphatic carbocycles. The fraction of sp³-hybridized carbons (Fsp3) is 0.607. The summed E-state index contributed by atoms with van der Waals surface area (Å²) in [7, 11) is 1.66. The normalized spacial score (nSPS) is 11.2. The molecule has 0 saturated heterocycles. The van der Waals surface area contributed by atoms with E-state index in [-0.39, 0.29) is 0 Å². The third kappa shape index (κ3) is 9.45. The Hall–Kier alpha value is -2.61. The molecule has 0 radical (unpaired) electrons. The van der Waals surface area contributed by atoms with Gasteiger partial charge in [0, 0.05) is 6.54 Å². The highest BCUT2D eigenvalue weighted by atomic mass is 32.1. The van der Waals surface area contributed by atoms with E-state index in [0.717, 1.165) is 34.1 Å². The van der Waals surface area contributed by atoms with Crippen LogP contribution in [0.4, 0.5) is 22.5 Å². The van der Waals surface area contributed by atoms with Gasteiger partial charge in [-0.2, -0.15) is 0 Å². The highest BCUT2D eigenvalue weighted by Gasteiger charge is 2.11. The Kier molecular flexibility index (Phi) is 12.6. The number of nitrogens with two attached hydrogens (primary N) is 1. The largest absolute Gasteiger partial charge is 0.497 e. The monoisotopic (exact) mass is 512 g/mol. The van der Waals surface area contributed by atoms with Gasteiger partial charge in [-0.25, -0.2) is 15.0 Å². The van der Waals surface area contributed by atoms with Gasteiger partial charge < -0.3 is 21.1 Å². The SMILES string of the molecule is CCCCCCCCCCCCCCCCNc1ncnc(Nc2nc3ccc(OC)cc3s2)c1N. The number of hydrogen-bond donors (Lipinski definition) is 3. The standard InChI is InChI=1S/C28H44N6OS/c1-3-4-5-6-7-8-9-10-11-12-13-14-15-16-19-30-26-25(29)27(32-21-31-26)34-28-33-23-18-17-22(35-2)20-24(23)36-28/h17-18,20-21H,3-16,19,29H2,1-2H3,(H2,30,31,32,33,34). The molecule has 36 heavy (non-hydrogen) atoms. The van der Waals surface area contributed by atoms with E-state index in [2.05, 4.69) is 32.5 Å². The van der Waals surface area contributed by atoms with Gasteiger partial charge in [0.25, 0.3) is 0 Å². The van der Waals surface area contributed by atoms with Crippen molar-refractivity contribution in [2.75, 3.05) is 30.0 Å². The van der Waals surface area contributed by atoms with Crippen LogP contribution in [0, 0.1) is 0 Å². The molecule has 4 N–H and O–H groups in total. The van der Waals surface area contributed by atoms with Crippen molar-refractivity contribution in [1.82, 2.24) is 15.0 Å². The van der Waals surface area contributed by atoms with Crippen LogP contribution in [0.1, 0.15) is 96.8 Å². The highest BCUT2D eigenvalue weighted by Crippen LogP contribution is 2.32. The van der Waals surface area contributed by atoms with Crippen molar-refractivity contribution in [2.45, 2.75) is 96.8 Å². The summed E-state index contributed by atoms with van der Waals surface area (Å²) in [5.41, 5.74) is 7.76. The third-order valence-corrected chi connectivity index (χ3v) is 7.46. The lowest BCUT2D eigenvalue weighted by atomic mass is 10.0. The Balaban J connectivity index is 1.28. The second-order valence-electron chi connectivity index (χ2n) is 9.49. The first-order chi connectivity index (χ1) is 17.7. The van der Waals surface area contributed by atoms with Crippen molar-refractivity contribution in [3.05, 3.63) is 24.5 Å². The molecular weight excluding hydrogens is 468 g/mol. The summed E-state index contributed by atoms with van der Waals surface area (Å²) in [6, 6.07) is 5.83. The molecule has 0 atom stereocenters. The average molecular weight is 513 g/mol. The molecule has 198 valence electrons. The van der Waals surface area contributed by atoms with Crippen molar-refractivity contribution < 1.29 is 4.74 Å². The highest BCUT2D eigenvalue weighted by molar-refractivity contribution is 7.22. The zero-order chi connectivity index (χ0) is 25.4. The molecule has 2 heterocycles. The number of unbranched alkanes of at least 4 members (excludes halogenated alkanes) is 13. The predicted octanol–water partition coefficient (Wildman–Crippen LogP) is 8.31. The quantitative estimate of drug-likeness (QED) is 0.139. The molecule has 0 saturated carbocycles. The Morgan fingerprint density at radius 2 is 1.44 bits per heavy atom. The predicted molar refractivity (Wildman–Crippen MR) is 155 cm³/mol. The van der Waals surface area contributed by atoms with Crippen LogP contribution in [0.25, 0.3) is 10.2 Å². The number of anilines is 4. The fourth-order valence-electron chi connectivity index (χ4n) is 4.35. The molecule has 2 aromatic heterocycles. The summed E-state index contributed by atoms with van der Waals surface area (Å²) in [5.74, 6) is 2.05. The van der Waals surface area contributed by atoms with Crippen LogP contribution < -0.4 is 21.1 Å². The summed E-state index contributed by atoms with van der Waals surface area (Å²) >= 11 is 1.54. The summed E-state index contributed by atoms with van der Waals surface area (Å²) < 4.78 is 6.34. The van der Waals surface area contributed by atoms with E-state index in [1.54, 1.807) is 7.11 Å². The molecule has 0 fully saturated rings. The van der Waals surface area contributed by atoms with Gasteiger partial charge >= 0.3 is 0 Å². The molecular formula is C28H44N6OS. The summed E-state index contributed by atoms with van der Waals surface area (Å²) in [6.45, 7) is 3.14. The number of thiazole rings is 1. The average Bonchev–Trinajstić information content (AvgIpc) is 3.29. The van der Waals surface area contributed by atoms with Crippen molar-refractivity contribution in [2.24, 2.45) is 0 Å². The molecule has 0 unspecified atom stereocenters. The van der Waals surface area contributed by atoms with Crippen molar-refractivity contribution in [3.8, 4) is 5.75 Å². The number of hydrogen-bond acceptors (Lipinski definition) is 8. The van der Waals surface area contributed by atoms with Gasteiger partial charge in [-0.05, 0) is 24.6 Å². The first-order valence-corrected chi connectivity index (χ1v) is 14.6. The number of nitrogens with one attached hydrogen (secondary N) is 2. The molecule has 7 nitrogen and oxygen atoms in total. The lowest BCUT2D eigenvalue weighted by Crippen LogP contribution is -2.09. The maximum Gasteiger partial charge on any atom is 0.189 e. The van der Waals surface area contributed by atoms with Gasteiger partial charge in [-0.15, -0.1) is 0 Å². The minimum atomic E-state index is 0.514. The Morgan fingerprint density at radius 1 is 0.833 bits per heavy atom. The molecule has 0 spiro atoms. The van der Waals surface area contributed by atoms with Gasteiger partial charge in [-0.1, -0.05) is 102 Å². The van der Waals surface area contributed by atoms with Gasteiger partial charge in [-0.3, -0.25) is 0 Å². The van der Waals surface area contributed by atoms with Gasteiger partial charge in [0.15, 0.2) is 16.8 Å². The maximum atomic E-state index is 6.34. The molecule has 0 amide bonds. The van der Waals surface area contributed by atoms with E-state index < -0.39 is 0 Å². The maximum absolute atomic E-state index is 6.34. The topological polar surface area (TPSA) is 98.0 Å². The van der Waals surface area contributed by atoms with Crippen molar-refractivity contribution in [3.63, 3.8) is 0 Å². The number of fused-ring (bicyclic) bond motifs is 1. The molecule has 3 rings (SSSR count). The van der Waals surface area contributed by atoms with E-state index in [4.69, 9.17) is 10.5 Å². The molecule has 8 heteroatoms.